The zero-order chi connectivity index (χ0) is 15.6. The number of fused-ring (bicyclic) bond motifs is 1. The second-order valence-corrected chi connectivity index (χ2v) is 6.11. The molecule has 0 aliphatic rings. The fourth-order valence-corrected chi connectivity index (χ4v) is 3.31. The summed E-state index contributed by atoms with van der Waals surface area (Å²) in [4.78, 5) is 21.9. The van der Waals surface area contributed by atoms with E-state index < -0.39 is 0 Å². The smallest absolute Gasteiger partial charge is 0.348 e. The molecule has 0 aliphatic heterocycles. The number of carbonyl (C=O) groups excluding carboxylic acids is 1. The molecule has 0 fully saturated rings. The van der Waals surface area contributed by atoms with Gasteiger partial charge in [-0.1, -0.05) is 18.5 Å². The molecule has 2 aromatic rings. The van der Waals surface area contributed by atoms with Crippen molar-refractivity contribution in [3.05, 3.63) is 15.6 Å². The van der Waals surface area contributed by atoms with E-state index >= 15 is 0 Å². The number of aryl methyl sites for hydroxylation is 1. The number of rotatable bonds is 5. The van der Waals surface area contributed by atoms with Crippen LogP contribution < -0.4 is 5.32 Å². The quantitative estimate of drug-likeness (QED) is 0.663. The maximum atomic E-state index is 11.9. The number of halogens is 1. The fourth-order valence-electron chi connectivity index (χ4n) is 1.87. The first-order valence-corrected chi connectivity index (χ1v) is 8.07. The van der Waals surface area contributed by atoms with Gasteiger partial charge in [0.25, 0.3) is 0 Å². The normalized spacial score (nSPS) is 12.4. The third-order valence-electron chi connectivity index (χ3n) is 3.19. The molecular formula is C14H18ClN3O2S. The summed E-state index contributed by atoms with van der Waals surface area (Å²) >= 11 is 7.54. The lowest BCUT2D eigenvalue weighted by atomic mass is 10.2. The summed E-state index contributed by atoms with van der Waals surface area (Å²) in [5, 5.41) is 4.27. The van der Waals surface area contributed by atoms with E-state index in [-0.39, 0.29) is 12.0 Å². The maximum absolute atomic E-state index is 11.9. The third-order valence-corrected chi connectivity index (χ3v) is 4.63. The molecule has 0 saturated heterocycles. The van der Waals surface area contributed by atoms with Crippen LogP contribution in [0.1, 0.15) is 42.4 Å². The summed E-state index contributed by atoms with van der Waals surface area (Å²) in [5.74, 6) is 0.143. The monoisotopic (exact) mass is 327 g/mol. The SMILES string of the molecule is CCOC(=O)c1sc2nc(NC(C)CC)nc(Cl)c2c1C. The van der Waals surface area contributed by atoms with Crippen molar-refractivity contribution in [2.75, 3.05) is 11.9 Å². The number of anilines is 1. The van der Waals surface area contributed by atoms with E-state index in [1.165, 1.54) is 11.3 Å². The van der Waals surface area contributed by atoms with Crippen LogP contribution in [0.25, 0.3) is 10.2 Å². The van der Waals surface area contributed by atoms with Crippen molar-refractivity contribution in [3.8, 4) is 0 Å². The lowest BCUT2D eigenvalue weighted by Gasteiger charge is -2.11. The number of thiophene rings is 1. The number of hydrogen-bond acceptors (Lipinski definition) is 6. The number of aromatic nitrogens is 2. The third kappa shape index (κ3) is 3.27. The Bertz CT molecular complexity index is 672. The zero-order valence-corrected chi connectivity index (χ0v) is 14.1. The van der Waals surface area contributed by atoms with E-state index in [1.807, 2.05) is 13.8 Å². The van der Waals surface area contributed by atoms with Gasteiger partial charge in [0.1, 0.15) is 14.9 Å². The highest BCUT2D eigenvalue weighted by atomic mass is 35.5. The van der Waals surface area contributed by atoms with Crippen molar-refractivity contribution in [2.24, 2.45) is 0 Å². The molecule has 2 aromatic heterocycles. The van der Waals surface area contributed by atoms with Crippen LogP contribution in [0.15, 0.2) is 0 Å². The van der Waals surface area contributed by atoms with Gasteiger partial charge in [-0.25, -0.2) is 14.8 Å². The van der Waals surface area contributed by atoms with Crippen LogP contribution in [0.2, 0.25) is 5.15 Å². The van der Waals surface area contributed by atoms with E-state index in [4.69, 9.17) is 16.3 Å². The van der Waals surface area contributed by atoms with Crippen LogP contribution in [0, 0.1) is 6.92 Å². The Morgan fingerprint density at radius 2 is 2.14 bits per heavy atom. The van der Waals surface area contributed by atoms with Crippen LogP contribution in [0.4, 0.5) is 5.95 Å². The van der Waals surface area contributed by atoms with E-state index in [0.29, 0.717) is 27.4 Å². The molecule has 0 bridgehead atoms. The molecule has 5 nitrogen and oxygen atoms in total. The maximum Gasteiger partial charge on any atom is 0.348 e. The van der Waals surface area contributed by atoms with E-state index in [0.717, 1.165) is 17.4 Å². The summed E-state index contributed by atoms with van der Waals surface area (Å²) in [6, 6.07) is 0.254. The van der Waals surface area contributed by atoms with Gasteiger partial charge in [0.2, 0.25) is 5.95 Å². The van der Waals surface area contributed by atoms with Crippen LogP contribution >= 0.6 is 22.9 Å². The van der Waals surface area contributed by atoms with Crippen molar-refractivity contribution in [1.82, 2.24) is 9.97 Å². The highest BCUT2D eigenvalue weighted by Gasteiger charge is 2.20. The topological polar surface area (TPSA) is 64.1 Å². The van der Waals surface area contributed by atoms with Gasteiger partial charge >= 0.3 is 5.97 Å². The number of esters is 1. The molecule has 0 aliphatic carbocycles. The Morgan fingerprint density at radius 1 is 1.43 bits per heavy atom. The minimum absolute atomic E-state index is 0.254. The van der Waals surface area contributed by atoms with Crippen molar-refractivity contribution >= 4 is 45.1 Å². The molecule has 21 heavy (non-hydrogen) atoms. The van der Waals surface area contributed by atoms with Crippen LogP contribution in [-0.2, 0) is 4.74 Å². The highest BCUT2D eigenvalue weighted by molar-refractivity contribution is 7.20. The molecule has 1 atom stereocenters. The van der Waals surface area contributed by atoms with Gasteiger partial charge in [-0.2, -0.15) is 0 Å². The molecule has 0 saturated carbocycles. The van der Waals surface area contributed by atoms with Gasteiger partial charge in [-0.3, -0.25) is 0 Å². The Kier molecular flexibility index (Phi) is 5.00. The molecule has 7 heteroatoms. The summed E-state index contributed by atoms with van der Waals surface area (Å²) in [7, 11) is 0. The highest BCUT2D eigenvalue weighted by Crippen LogP contribution is 2.34. The molecule has 0 radical (unpaired) electrons. The van der Waals surface area contributed by atoms with Crippen LogP contribution in [-0.4, -0.2) is 28.6 Å². The summed E-state index contributed by atoms with van der Waals surface area (Å²) in [6.07, 6.45) is 0.955. The molecule has 1 unspecified atom stereocenters. The molecule has 2 heterocycles. The van der Waals surface area contributed by atoms with E-state index in [1.54, 1.807) is 6.92 Å². The number of hydrogen-bond donors (Lipinski definition) is 1. The largest absolute Gasteiger partial charge is 0.462 e. The van der Waals surface area contributed by atoms with E-state index in [9.17, 15) is 4.79 Å². The summed E-state index contributed by atoms with van der Waals surface area (Å²) in [6.45, 7) is 8.08. The number of nitrogens with zero attached hydrogens (tertiary/aromatic N) is 2. The predicted octanol–water partition coefficient (Wildman–Crippen LogP) is 4.04. The number of ether oxygens (including phenoxy) is 1. The Morgan fingerprint density at radius 3 is 2.76 bits per heavy atom. The van der Waals surface area contributed by atoms with Crippen LogP contribution in [0.3, 0.4) is 0 Å². The van der Waals surface area contributed by atoms with Crippen molar-refractivity contribution < 1.29 is 9.53 Å². The Balaban J connectivity index is 2.47. The second-order valence-electron chi connectivity index (χ2n) is 4.75. The molecule has 114 valence electrons. The number of carbonyl (C=O) groups is 1. The first-order valence-electron chi connectivity index (χ1n) is 6.88. The lowest BCUT2D eigenvalue weighted by molar-refractivity contribution is 0.0531. The number of nitrogens with one attached hydrogen (secondary N) is 1. The lowest BCUT2D eigenvalue weighted by Crippen LogP contribution is -2.15. The predicted molar refractivity (Wildman–Crippen MR) is 86.5 cm³/mol. The van der Waals surface area contributed by atoms with Crippen molar-refractivity contribution in [1.29, 1.82) is 0 Å². The van der Waals surface area contributed by atoms with Crippen molar-refractivity contribution in [2.45, 2.75) is 40.2 Å². The molecule has 2 rings (SSSR count). The zero-order valence-electron chi connectivity index (χ0n) is 12.5. The Labute approximate surface area is 132 Å². The average molecular weight is 328 g/mol. The summed E-state index contributed by atoms with van der Waals surface area (Å²) in [5.41, 5.74) is 0.772. The molecule has 1 N–H and O–H groups in total. The van der Waals surface area contributed by atoms with Gasteiger partial charge in [-0.15, -0.1) is 11.3 Å². The van der Waals surface area contributed by atoms with Gasteiger partial charge in [0, 0.05) is 6.04 Å². The minimum Gasteiger partial charge on any atom is -0.462 e. The Hall–Kier alpha value is -1.40. The molecule has 0 amide bonds. The first kappa shape index (κ1) is 16.0. The van der Waals surface area contributed by atoms with Gasteiger partial charge in [0.15, 0.2) is 0 Å². The fraction of sp³-hybridized carbons (Fsp3) is 0.500. The van der Waals surface area contributed by atoms with Gasteiger partial charge in [-0.05, 0) is 32.8 Å². The van der Waals surface area contributed by atoms with Crippen molar-refractivity contribution in [3.63, 3.8) is 0 Å². The van der Waals surface area contributed by atoms with Gasteiger partial charge < -0.3 is 10.1 Å². The average Bonchev–Trinajstić information content (AvgIpc) is 2.76. The summed E-state index contributed by atoms with van der Waals surface area (Å²) < 4.78 is 5.05. The van der Waals surface area contributed by atoms with Crippen LogP contribution in [0.5, 0.6) is 0 Å². The minimum atomic E-state index is -0.342. The first-order chi connectivity index (χ1) is 9.97. The standard InChI is InChI=1S/C14H18ClN3O2S/c1-5-7(3)16-14-17-11(15)9-8(4)10(13(19)20-6-2)21-12(9)18-14/h7H,5-6H2,1-4H3,(H,16,17,18). The molecular weight excluding hydrogens is 310 g/mol. The molecule has 0 spiro atoms. The van der Waals surface area contributed by atoms with Gasteiger partial charge in [0.05, 0.1) is 12.0 Å². The van der Waals surface area contributed by atoms with E-state index in [2.05, 4.69) is 22.2 Å². The second kappa shape index (κ2) is 6.58. The molecule has 0 aromatic carbocycles.